The number of carbonyl (C=O) groups is 2. The third kappa shape index (κ3) is 4.25. The SMILES string of the molecule is CCOC(=O)C1C(C)=NC2=C(C(=O)CC(c3ccc(OC)c(OC)c3)C2)C1c1ccccc1C. The Morgan fingerprint density at radius 2 is 1.76 bits per heavy atom. The van der Waals surface area contributed by atoms with E-state index in [1.807, 2.05) is 56.3 Å². The van der Waals surface area contributed by atoms with Crippen LogP contribution in [0, 0.1) is 12.8 Å². The standard InChI is InChI=1S/C28H31NO5/c1-6-34-28(31)25-17(3)29-21-13-19(18-11-12-23(32-4)24(15-18)33-5)14-22(30)27(21)26(25)20-10-8-7-9-16(20)2/h7-12,15,19,25-26H,6,13-14H2,1-5H3. The fraction of sp³-hybridized carbons (Fsp3) is 0.393. The summed E-state index contributed by atoms with van der Waals surface area (Å²) < 4.78 is 16.2. The number of ether oxygens (including phenoxy) is 3. The second-order valence-electron chi connectivity index (χ2n) is 8.82. The number of hydrogen-bond acceptors (Lipinski definition) is 6. The first kappa shape index (κ1) is 23.7. The van der Waals surface area contributed by atoms with Gasteiger partial charge < -0.3 is 14.2 Å². The molecule has 0 N–H and O–H groups in total. The minimum absolute atomic E-state index is 0.0276. The van der Waals surface area contributed by atoms with Gasteiger partial charge in [-0.15, -0.1) is 0 Å². The number of carbonyl (C=O) groups excluding carboxylic acids is 2. The Balaban J connectivity index is 1.79. The number of nitrogens with zero attached hydrogens (tertiary/aromatic N) is 1. The number of benzene rings is 2. The summed E-state index contributed by atoms with van der Waals surface area (Å²) in [5.74, 6) is -0.0575. The highest BCUT2D eigenvalue weighted by molar-refractivity contribution is 6.09. The Labute approximate surface area is 200 Å². The van der Waals surface area contributed by atoms with Crippen LogP contribution in [-0.2, 0) is 14.3 Å². The zero-order chi connectivity index (χ0) is 24.4. The molecule has 2 aromatic carbocycles. The minimum Gasteiger partial charge on any atom is -0.493 e. The molecule has 3 unspecified atom stereocenters. The Bertz CT molecular complexity index is 1180. The van der Waals surface area contributed by atoms with Gasteiger partial charge >= 0.3 is 5.97 Å². The molecule has 2 aliphatic rings. The highest BCUT2D eigenvalue weighted by Gasteiger charge is 2.45. The van der Waals surface area contributed by atoms with E-state index in [1.165, 1.54) is 0 Å². The van der Waals surface area contributed by atoms with Crippen LogP contribution in [-0.4, -0.2) is 38.3 Å². The van der Waals surface area contributed by atoms with Gasteiger partial charge in [0.25, 0.3) is 0 Å². The van der Waals surface area contributed by atoms with Gasteiger partial charge in [-0.1, -0.05) is 30.3 Å². The molecule has 0 aromatic heterocycles. The predicted molar refractivity (Wildman–Crippen MR) is 131 cm³/mol. The van der Waals surface area contributed by atoms with Crippen molar-refractivity contribution >= 4 is 17.5 Å². The highest BCUT2D eigenvalue weighted by atomic mass is 16.5. The molecule has 178 valence electrons. The number of aliphatic imine (C=N–C) groups is 1. The van der Waals surface area contributed by atoms with Gasteiger partial charge in [0.2, 0.25) is 0 Å². The summed E-state index contributed by atoms with van der Waals surface area (Å²) in [7, 11) is 3.20. The van der Waals surface area contributed by atoms with Crippen LogP contribution in [0.3, 0.4) is 0 Å². The zero-order valence-corrected chi connectivity index (χ0v) is 20.4. The van der Waals surface area contributed by atoms with Gasteiger partial charge in [-0.05, 0) is 61.9 Å². The summed E-state index contributed by atoms with van der Waals surface area (Å²) in [6.45, 7) is 5.95. The number of allylic oxidation sites excluding steroid dienone is 2. The lowest BCUT2D eigenvalue weighted by Gasteiger charge is -2.37. The largest absolute Gasteiger partial charge is 0.493 e. The molecule has 0 bridgehead atoms. The molecule has 0 amide bonds. The molecular formula is C28H31NO5. The highest BCUT2D eigenvalue weighted by Crippen LogP contribution is 2.48. The number of hydrogen-bond donors (Lipinski definition) is 0. The maximum absolute atomic E-state index is 13.7. The molecule has 0 saturated heterocycles. The van der Waals surface area contributed by atoms with E-state index in [2.05, 4.69) is 0 Å². The number of aryl methyl sites for hydroxylation is 1. The Hall–Kier alpha value is -3.41. The van der Waals surface area contributed by atoms with Crippen LogP contribution >= 0.6 is 0 Å². The van der Waals surface area contributed by atoms with Crippen LogP contribution in [0.5, 0.6) is 11.5 Å². The van der Waals surface area contributed by atoms with Crippen LogP contribution in [0.1, 0.15) is 55.2 Å². The fourth-order valence-corrected chi connectivity index (χ4v) is 5.21. The van der Waals surface area contributed by atoms with Crippen molar-refractivity contribution in [1.82, 2.24) is 0 Å². The first-order valence-corrected chi connectivity index (χ1v) is 11.6. The molecule has 4 rings (SSSR count). The van der Waals surface area contributed by atoms with Crippen LogP contribution in [0.25, 0.3) is 0 Å². The Morgan fingerprint density at radius 1 is 1.03 bits per heavy atom. The number of esters is 1. The lowest BCUT2D eigenvalue weighted by atomic mass is 9.68. The lowest BCUT2D eigenvalue weighted by molar-refractivity contribution is -0.146. The molecule has 2 aromatic rings. The normalized spacial score (nSPS) is 22.1. The molecule has 6 nitrogen and oxygen atoms in total. The summed E-state index contributed by atoms with van der Waals surface area (Å²) in [4.78, 5) is 31.5. The van der Waals surface area contributed by atoms with Crippen molar-refractivity contribution in [2.45, 2.75) is 45.4 Å². The van der Waals surface area contributed by atoms with Gasteiger partial charge in [-0.25, -0.2) is 0 Å². The third-order valence-corrected chi connectivity index (χ3v) is 6.83. The van der Waals surface area contributed by atoms with Gasteiger partial charge in [0.1, 0.15) is 5.92 Å². The molecule has 0 spiro atoms. The van der Waals surface area contributed by atoms with E-state index in [9.17, 15) is 9.59 Å². The van der Waals surface area contributed by atoms with Crippen LogP contribution < -0.4 is 9.47 Å². The van der Waals surface area contributed by atoms with Crippen LogP contribution in [0.15, 0.2) is 58.7 Å². The summed E-state index contributed by atoms with van der Waals surface area (Å²) in [5.41, 5.74) is 5.12. The van der Waals surface area contributed by atoms with Crippen molar-refractivity contribution in [3.8, 4) is 11.5 Å². The molecule has 6 heteroatoms. The average molecular weight is 462 g/mol. The van der Waals surface area contributed by atoms with E-state index < -0.39 is 11.8 Å². The van der Waals surface area contributed by atoms with E-state index in [0.29, 0.717) is 35.6 Å². The summed E-state index contributed by atoms with van der Waals surface area (Å²) in [6, 6.07) is 13.7. The predicted octanol–water partition coefficient (Wildman–Crippen LogP) is 5.15. The molecular weight excluding hydrogens is 430 g/mol. The quantitative estimate of drug-likeness (QED) is 0.556. The van der Waals surface area contributed by atoms with Crippen molar-refractivity contribution < 1.29 is 23.8 Å². The molecule has 0 radical (unpaired) electrons. The number of rotatable bonds is 6. The zero-order valence-electron chi connectivity index (χ0n) is 20.4. The monoisotopic (exact) mass is 461 g/mol. The second kappa shape index (κ2) is 9.84. The van der Waals surface area contributed by atoms with E-state index in [4.69, 9.17) is 19.2 Å². The van der Waals surface area contributed by atoms with Crippen molar-refractivity contribution in [2.24, 2.45) is 10.9 Å². The second-order valence-corrected chi connectivity index (χ2v) is 8.82. The van der Waals surface area contributed by atoms with Gasteiger partial charge in [0.15, 0.2) is 17.3 Å². The van der Waals surface area contributed by atoms with Crippen molar-refractivity contribution in [3.05, 3.63) is 70.4 Å². The molecule has 3 atom stereocenters. The van der Waals surface area contributed by atoms with Gasteiger partial charge in [-0.2, -0.15) is 0 Å². The fourth-order valence-electron chi connectivity index (χ4n) is 5.21. The maximum atomic E-state index is 13.7. The maximum Gasteiger partial charge on any atom is 0.315 e. The van der Waals surface area contributed by atoms with Crippen LogP contribution in [0.4, 0.5) is 0 Å². The lowest BCUT2D eigenvalue weighted by Crippen LogP contribution is -2.38. The van der Waals surface area contributed by atoms with Crippen LogP contribution in [0.2, 0.25) is 0 Å². The van der Waals surface area contributed by atoms with E-state index in [0.717, 1.165) is 22.4 Å². The smallest absolute Gasteiger partial charge is 0.315 e. The summed E-state index contributed by atoms with van der Waals surface area (Å²) >= 11 is 0. The van der Waals surface area contributed by atoms with E-state index in [-0.39, 0.29) is 24.3 Å². The number of ketones is 1. The van der Waals surface area contributed by atoms with Crippen molar-refractivity contribution in [3.63, 3.8) is 0 Å². The van der Waals surface area contributed by atoms with Crippen molar-refractivity contribution in [1.29, 1.82) is 0 Å². The molecule has 1 heterocycles. The number of methoxy groups -OCH3 is 2. The molecule has 0 fully saturated rings. The Morgan fingerprint density at radius 3 is 2.44 bits per heavy atom. The van der Waals surface area contributed by atoms with Gasteiger partial charge in [0.05, 0.1) is 20.8 Å². The van der Waals surface area contributed by atoms with Crippen molar-refractivity contribution in [2.75, 3.05) is 20.8 Å². The average Bonchev–Trinajstić information content (AvgIpc) is 2.83. The summed E-state index contributed by atoms with van der Waals surface area (Å²) in [6.07, 6.45) is 0.965. The van der Waals surface area contributed by atoms with E-state index in [1.54, 1.807) is 21.1 Å². The topological polar surface area (TPSA) is 74.2 Å². The first-order chi connectivity index (χ1) is 16.4. The third-order valence-electron chi connectivity index (χ3n) is 6.83. The first-order valence-electron chi connectivity index (χ1n) is 11.6. The molecule has 1 aliphatic heterocycles. The molecule has 1 aliphatic carbocycles. The molecule has 34 heavy (non-hydrogen) atoms. The Kier molecular flexibility index (Phi) is 6.87. The minimum atomic E-state index is -0.610. The van der Waals surface area contributed by atoms with Gasteiger partial charge in [-0.3, -0.25) is 14.6 Å². The summed E-state index contributed by atoms with van der Waals surface area (Å²) in [5, 5.41) is 0. The van der Waals surface area contributed by atoms with Gasteiger partial charge in [0, 0.05) is 29.3 Å². The number of Topliss-reactive ketones (excluding diaryl/α,β-unsaturated/α-hetero) is 1. The van der Waals surface area contributed by atoms with E-state index >= 15 is 0 Å². The molecule has 0 saturated carbocycles.